The topological polar surface area (TPSA) is 113 Å². The van der Waals surface area contributed by atoms with Crippen LogP contribution in [0.3, 0.4) is 0 Å². The molecule has 7 nitrogen and oxygen atoms in total. The molecular formula is C11H16N2O5S. The van der Waals surface area contributed by atoms with Gasteiger partial charge in [0.1, 0.15) is 10.6 Å². The molecular weight excluding hydrogens is 272 g/mol. The van der Waals surface area contributed by atoms with Crippen LogP contribution in [0.15, 0.2) is 17.0 Å². The minimum atomic E-state index is -4.08. The Morgan fingerprint density at radius 1 is 1.42 bits per heavy atom. The Balaban J connectivity index is 3.32. The van der Waals surface area contributed by atoms with Gasteiger partial charge < -0.3 is 4.74 Å². The Labute approximate surface area is 111 Å². The monoisotopic (exact) mass is 288 g/mol. The Bertz CT molecular complexity index is 583. The van der Waals surface area contributed by atoms with Crippen molar-refractivity contribution in [1.29, 1.82) is 0 Å². The molecule has 2 N–H and O–H groups in total. The SMILES string of the molecule is CCCCOc1c(C)cc([N+](=O)[O-])cc1S(N)(=O)=O. The first-order chi connectivity index (χ1) is 8.77. The molecule has 19 heavy (non-hydrogen) atoms. The highest BCUT2D eigenvalue weighted by Crippen LogP contribution is 2.31. The Morgan fingerprint density at radius 2 is 2.05 bits per heavy atom. The van der Waals surface area contributed by atoms with Gasteiger partial charge in [-0.1, -0.05) is 13.3 Å². The first-order valence-corrected chi connectivity index (χ1v) is 7.26. The lowest BCUT2D eigenvalue weighted by molar-refractivity contribution is -0.385. The van der Waals surface area contributed by atoms with Crippen molar-refractivity contribution < 1.29 is 18.1 Å². The van der Waals surface area contributed by atoms with E-state index >= 15 is 0 Å². The maximum atomic E-state index is 11.5. The van der Waals surface area contributed by atoms with Crippen LogP contribution in [0.4, 0.5) is 5.69 Å². The van der Waals surface area contributed by atoms with E-state index in [1.54, 1.807) is 6.92 Å². The molecule has 0 unspecified atom stereocenters. The molecule has 0 bridgehead atoms. The van der Waals surface area contributed by atoms with Gasteiger partial charge in [0.2, 0.25) is 10.0 Å². The highest BCUT2D eigenvalue weighted by Gasteiger charge is 2.22. The van der Waals surface area contributed by atoms with Crippen LogP contribution in [0, 0.1) is 17.0 Å². The smallest absolute Gasteiger partial charge is 0.271 e. The van der Waals surface area contributed by atoms with Crippen molar-refractivity contribution in [2.75, 3.05) is 6.61 Å². The number of non-ortho nitro benzene ring substituents is 1. The van der Waals surface area contributed by atoms with Gasteiger partial charge >= 0.3 is 0 Å². The average molecular weight is 288 g/mol. The molecule has 0 fully saturated rings. The summed E-state index contributed by atoms with van der Waals surface area (Å²) in [5.41, 5.74) is 0.0405. The first-order valence-electron chi connectivity index (χ1n) is 5.72. The van der Waals surface area contributed by atoms with E-state index < -0.39 is 14.9 Å². The highest BCUT2D eigenvalue weighted by atomic mass is 32.2. The van der Waals surface area contributed by atoms with Gasteiger partial charge in [0.25, 0.3) is 5.69 Å². The number of hydrogen-bond donors (Lipinski definition) is 1. The lowest BCUT2D eigenvalue weighted by atomic mass is 10.2. The quantitative estimate of drug-likeness (QED) is 0.486. The summed E-state index contributed by atoms with van der Waals surface area (Å²) in [6.45, 7) is 3.84. The number of nitrogens with two attached hydrogens (primary N) is 1. The number of sulfonamides is 1. The van der Waals surface area contributed by atoms with Gasteiger partial charge in [0.05, 0.1) is 11.5 Å². The molecule has 0 saturated heterocycles. The Kier molecular flexibility index (Phi) is 4.84. The number of nitro groups is 1. The molecule has 0 aliphatic carbocycles. The van der Waals surface area contributed by atoms with Crippen molar-refractivity contribution in [3.63, 3.8) is 0 Å². The highest BCUT2D eigenvalue weighted by molar-refractivity contribution is 7.89. The van der Waals surface area contributed by atoms with Crippen molar-refractivity contribution in [2.24, 2.45) is 5.14 Å². The van der Waals surface area contributed by atoms with Crippen LogP contribution in [0.1, 0.15) is 25.3 Å². The molecule has 0 amide bonds. The predicted molar refractivity (Wildman–Crippen MR) is 69.6 cm³/mol. The Morgan fingerprint density at radius 3 is 2.53 bits per heavy atom. The number of benzene rings is 1. The standard InChI is InChI=1S/C11H16N2O5S/c1-3-4-5-18-11-8(2)6-9(13(14)15)7-10(11)19(12,16)17/h6-7H,3-5H2,1-2H3,(H2,12,16,17). The molecule has 0 radical (unpaired) electrons. The van der Waals surface area contributed by atoms with E-state index in [0.717, 1.165) is 18.9 Å². The molecule has 0 heterocycles. The third-order valence-electron chi connectivity index (χ3n) is 2.49. The summed E-state index contributed by atoms with van der Waals surface area (Å²) in [7, 11) is -4.08. The summed E-state index contributed by atoms with van der Waals surface area (Å²) in [5, 5.41) is 15.8. The number of rotatable bonds is 6. The van der Waals surface area contributed by atoms with Crippen molar-refractivity contribution in [3.8, 4) is 5.75 Å². The largest absolute Gasteiger partial charge is 0.492 e. The van der Waals surface area contributed by atoms with E-state index in [4.69, 9.17) is 9.88 Å². The first kappa shape index (κ1) is 15.4. The van der Waals surface area contributed by atoms with Gasteiger partial charge in [0.15, 0.2) is 0 Å². The van der Waals surface area contributed by atoms with Gasteiger partial charge in [-0.15, -0.1) is 0 Å². The van der Waals surface area contributed by atoms with Crippen molar-refractivity contribution >= 4 is 15.7 Å². The van der Waals surface area contributed by atoms with Gasteiger partial charge in [-0.25, -0.2) is 13.6 Å². The van der Waals surface area contributed by atoms with E-state index in [-0.39, 0.29) is 16.3 Å². The van der Waals surface area contributed by atoms with Gasteiger partial charge in [-0.05, 0) is 18.9 Å². The number of primary sulfonamides is 1. The predicted octanol–water partition coefficient (Wildman–Crippen LogP) is 1.73. The zero-order chi connectivity index (χ0) is 14.6. The fourth-order valence-corrected chi connectivity index (χ4v) is 2.31. The molecule has 106 valence electrons. The van der Waals surface area contributed by atoms with Crippen molar-refractivity contribution in [1.82, 2.24) is 0 Å². The fourth-order valence-electron chi connectivity index (χ4n) is 1.54. The van der Waals surface area contributed by atoms with E-state index in [2.05, 4.69) is 0 Å². The second-order valence-corrected chi connectivity index (χ2v) is 5.62. The molecule has 1 aromatic carbocycles. The normalized spacial score (nSPS) is 11.3. The third-order valence-corrected chi connectivity index (χ3v) is 3.40. The van der Waals surface area contributed by atoms with E-state index in [1.807, 2.05) is 6.92 Å². The molecule has 0 aliphatic heterocycles. The zero-order valence-electron chi connectivity index (χ0n) is 10.8. The minimum absolute atomic E-state index is 0.0848. The van der Waals surface area contributed by atoms with Crippen molar-refractivity contribution in [2.45, 2.75) is 31.6 Å². The maximum Gasteiger partial charge on any atom is 0.271 e. The number of unbranched alkanes of at least 4 members (excludes halogenated alkanes) is 1. The lowest BCUT2D eigenvalue weighted by Crippen LogP contribution is -2.15. The second-order valence-electron chi connectivity index (χ2n) is 4.09. The van der Waals surface area contributed by atoms with Crippen LogP contribution in [-0.4, -0.2) is 19.9 Å². The minimum Gasteiger partial charge on any atom is -0.492 e. The van der Waals surface area contributed by atoms with Crippen LogP contribution in [0.2, 0.25) is 0 Å². The zero-order valence-corrected chi connectivity index (χ0v) is 11.6. The number of aryl methyl sites for hydroxylation is 1. The molecule has 0 aliphatic rings. The summed E-state index contributed by atoms with van der Waals surface area (Å²) in [5.74, 6) is 0.0848. The van der Waals surface area contributed by atoms with Crippen LogP contribution >= 0.6 is 0 Å². The summed E-state index contributed by atoms with van der Waals surface area (Å²) in [4.78, 5) is 9.71. The molecule has 0 spiro atoms. The number of nitrogens with zero attached hydrogens (tertiary/aromatic N) is 1. The van der Waals surface area contributed by atoms with E-state index in [1.165, 1.54) is 6.07 Å². The Hall–Kier alpha value is -1.67. The molecule has 0 atom stereocenters. The van der Waals surface area contributed by atoms with Crippen LogP contribution in [-0.2, 0) is 10.0 Å². The van der Waals surface area contributed by atoms with Gasteiger partial charge in [-0.3, -0.25) is 10.1 Å². The summed E-state index contributed by atoms with van der Waals surface area (Å²) in [6, 6.07) is 2.18. The molecule has 0 aromatic heterocycles. The summed E-state index contributed by atoms with van der Waals surface area (Å²) < 4.78 is 28.4. The lowest BCUT2D eigenvalue weighted by Gasteiger charge is -2.12. The fraction of sp³-hybridized carbons (Fsp3) is 0.455. The van der Waals surface area contributed by atoms with Crippen LogP contribution < -0.4 is 9.88 Å². The van der Waals surface area contributed by atoms with Crippen molar-refractivity contribution in [3.05, 3.63) is 27.8 Å². The summed E-state index contributed by atoms with van der Waals surface area (Å²) >= 11 is 0. The van der Waals surface area contributed by atoms with Gasteiger partial charge in [-0.2, -0.15) is 0 Å². The number of hydrogen-bond acceptors (Lipinski definition) is 5. The molecule has 1 aromatic rings. The van der Waals surface area contributed by atoms with E-state index in [9.17, 15) is 18.5 Å². The molecule has 1 rings (SSSR count). The molecule has 0 saturated carbocycles. The third kappa shape index (κ3) is 3.90. The van der Waals surface area contributed by atoms with Crippen LogP contribution in [0.25, 0.3) is 0 Å². The summed E-state index contributed by atoms with van der Waals surface area (Å²) in [6.07, 6.45) is 1.64. The second kappa shape index (κ2) is 5.98. The molecule has 8 heteroatoms. The van der Waals surface area contributed by atoms with E-state index in [0.29, 0.717) is 12.2 Å². The number of nitro benzene ring substituents is 1. The number of ether oxygens (including phenoxy) is 1. The maximum absolute atomic E-state index is 11.5. The average Bonchev–Trinajstić information content (AvgIpc) is 2.29. The van der Waals surface area contributed by atoms with Crippen LogP contribution in [0.5, 0.6) is 5.75 Å². The van der Waals surface area contributed by atoms with Gasteiger partial charge in [0, 0.05) is 12.1 Å².